The first kappa shape index (κ1) is 15.4. The van der Waals surface area contributed by atoms with Crippen LogP contribution < -0.4 is 25.3 Å². The molecule has 0 fully saturated rings. The van der Waals surface area contributed by atoms with Gasteiger partial charge in [0.15, 0.2) is 5.82 Å². The number of nitrogens with zero attached hydrogens (tertiary/aromatic N) is 2. The number of amides is 1. The molecule has 0 aliphatic rings. The number of rotatable bonds is 5. The van der Waals surface area contributed by atoms with Gasteiger partial charge in [-0.05, 0) is 12.1 Å². The average molecular weight is 304 g/mol. The van der Waals surface area contributed by atoms with E-state index in [1.807, 2.05) is 0 Å². The van der Waals surface area contributed by atoms with Crippen molar-refractivity contribution < 1.29 is 19.0 Å². The highest BCUT2D eigenvalue weighted by Crippen LogP contribution is 2.26. The molecule has 1 aromatic heterocycles. The molecule has 0 unspecified atom stereocenters. The van der Waals surface area contributed by atoms with Crippen LogP contribution in [-0.2, 0) is 0 Å². The number of methoxy groups -OCH3 is 3. The Bertz CT molecular complexity index is 691. The van der Waals surface area contributed by atoms with Gasteiger partial charge in [-0.1, -0.05) is 0 Å². The number of nitrogen functional groups attached to an aromatic ring is 1. The van der Waals surface area contributed by atoms with Crippen molar-refractivity contribution in [2.75, 3.05) is 32.4 Å². The molecule has 0 saturated carbocycles. The Labute approximate surface area is 127 Å². The Morgan fingerprint density at radius 2 is 1.95 bits per heavy atom. The zero-order valence-electron chi connectivity index (χ0n) is 12.4. The molecule has 0 atom stereocenters. The molecule has 1 aromatic carbocycles. The molecule has 8 heteroatoms. The first-order chi connectivity index (χ1) is 10.6. The lowest BCUT2D eigenvalue weighted by molar-refractivity contribution is 0.102. The Kier molecular flexibility index (Phi) is 4.62. The lowest BCUT2D eigenvalue weighted by atomic mass is 10.1. The van der Waals surface area contributed by atoms with E-state index in [2.05, 4.69) is 15.3 Å². The highest BCUT2D eigenvalue weighted by Gasteiger charge is 2.15. The maximum Gasteiger partial charge on any atom is 0.318 e. The van der Waals surface area contributed by atoms with Gasteiger partial charge >= 0.3 is 6.01 Å². The lowest BCUT2D eigenvalue weighted by Gasteiger charge is -2.11. The first-order valence-electron chi connectivity index (χ1n) is 6.29. The zero-order valence-corrected chi connectivity index (χ0v) is 12.4. The van der Waals surface area contributed by atoms with Crippen LogP contribution in [0.3, 0.4) is 0 Å². The molecule has 2 rings (SSSR count). The minimum absolute atomic E-state index is 0.104. The Balaban J connectivity index is 2.25. The Morgan fingerprint density at radius 1 is 1.18 bits per heavy atom. The van der Waals surface area contributed by atoms with Gasteiger partial charge in [-0.15, -0.1) is 0 Å². The van der Waals surface area contributed by atoms with Gasteiger partial charge in [0.05, 0.1) is 33.1 Å². The highest BCUT2D eigenvalue weighted by atomic mass is 16.5. The van der Waals surface area contributed by atoms with Crippen LogP contribution in [0.2, 0.25) is 0 Å². The largest absolute Gasteiger partial charge is 0.497 e. The van der Waals surface area contributed by atoms with Crippen LogP contribution in [0.15, 0.2) is 24.4 Å². The van der Waals surface area contributed by atoms with Gasteiger partial charge in [0.2, 0.25) is 0 Å². The zero-order chi connectivity index (χ0) is 16.1. The molecule has 0 aliphatic heterocycles. The van der Waals surface area contributed by atoms with E-state index in [0.29, 0.717) is 17.1 Å². The lowest BCUT2D eigenvalue weighted by Crippen LogP contribution is -2.15. The number of carbonyl (C=O) groups excluding carboxylic acids is 1. The third kappa shape index (κ3) is 3.17. The molecule has 1 heterocycles. The summed E-state index contributed by atoms with van der Waals surface area (Å²) in [7, 11) is 4.43. The van der Waals surface area contributed by atoms with Gasteiger partial charge in [-0.3, -0.25) is 4.79 Å². The summed E-state index contributed by atoms with van der Waals surface area (Å²) in [4.78, 5) is 20.1. The standard InChI is InChI=1S/C14H16N4O4/c1-20-8-4-5-9(11(6-8)21-2)13(19)17-10-7-16-14(22-3)18-12(10)15/h4-7H,1-3H3,(H,17,19)(H2,15,16,18). The molecular weight excluding hydrogens is 288 g/mol. The number of nitrogens with two attached hydrogens (primary N) is 1. The third-order valence-electron chi connectivity index (χ3n) is 2.88. The molecule has 0 aliphatic carbocycles. The van der Waals surface area contributed by atoms with Crippen molar-refractivity contribution in [1.29, 1.82) is 0 Å². The van der Waals surface area contributed by atoms with Crippen molar-refractivity contribution in [3.63, 3.8) is 0 Å². The summed E-state index contributed by atoms with van der Waals surface area (Å²) in [5, 5.41) is 2.62. The van der Waals surface area contributed by atoms with Crippen LogP contribution >= 0.6 is 0 Å². The maximum atomic E-state index is 12.3. The number of nitrogens with one attached hydrogen (secondary N) is 1. The van der Waals surface area contributed by atoms with Crippen LogP contribution in [0.4, 0.5) is 11.5 Å². The molecule has 0 spiro atoms. The number of benzene rings is 1. The SMILES string of the molecule is COc1ccc(C(=O)Nc2cnc(OC)nc2N)c(OC)c1. The summed E-state index contributed by atoms with van der Waals surface area (Å²) in [5.74, 6) is 0.665. The number of anilines is 2. The number of ether oxygens (including phenoxy) is 3. The van der Waals surface area contributed by atoms with Crippen LogP contribution in [0.5, 0.6) is 17.5 Å². The predicted molar refractivity (Wildman–Crippen MR) is 80.5 cm³/mol. The molecule has 2 aromatic rings. The van der Waals surface area contributed by atoms with Crippen molar-refractivity contribution >= 4 is 17.4 Å². The fraction of sp³-hybridized carbons (Fsp3) is 0.214. The predicted octanol–water partition coefficient (Wildman–Crippen LogP) is 1.34. The number of aromatic nitrogens is 2. The molecule has 8 nitrogen and oxygen atoms in total. The van der Waals surface area contributed by atoms with Gasteiger partial charge in [0.25, 0.3) is 5.91 Å². The Hall–Kier alpha value is -3.03. The van der Waals surface area contributed by atoms with Crippen molar-refractivity contribution in [1.82, 2.24) is 9.97 Å². The maximum absolute atomic E-state index is 12.3. The van der Waals surface area contributed by atoms with E-state index < -0.39 is 5.91 Å². The van der Waals surface area contributed by atoms with E-state index >= 15 is 0 Å². The molecule has 0 radical (unpaired) electrons. The molecule has 3 N–H and O–H groups in total. The van der Waals surface area contributed by atoms with Crippen LogP contribution in [0.25, 0.3) is 0 Å². The smallest absolute Gasteiger partial charge is 0.318 e. The molecule has 22 heavy (non-hydrogen) atoms. The fourth-order valence-electron chi connectivity index (χ4n) is 1.75. The van der Waals surface area contributed by atoms with E-state index in [1.165, 1.54) is 27.5 Å². The number of hydrogen-bond acceptors (Lipinski definition) is 7. The van der Waals surface area contributed by atoms with E-state index in [9.17, 15) is 4.79 Å². The topological polar surface area (TPSA) is 109 Å². The Morgan fingerprint density at radius 3 is 2.55 bits per heavy atom. The number of hydrogen-bond donors (Lipinski definition) is 2. The van der Waals surface area contributed by atoms with Gasteiger partial charge in [-0.25, -0.2) is 4.98 Å². The molecule has 0 bridgehead atoms. The summed E-state index contributed by atoms with van der Waals surface area (Å²) in [6, 6.07) is 4.99. The van der Waals surface area contributed by atoms with Crippen LogP contribution in [0, 0.1) is 0 Å². The van der Waals surface area contributed by atoms with Crippen LogP contribution in [0.1, 0.15) is 10.4 Å². The van der Waals surface area contributed by atoms with Crippen molar-refractivity contribution in [3.05, 3.63) is 30.0 Å². The van der Waals surface area contributed by atoms with Gasteiger partial charge in [0, 0.05) is 6.07 Å². The second-order valence-corrected chi connectivity index (χ2v) is 4.18. The first-order valence-corrected chi connectivity index (χ1v) is 6.29. The van der Waals surface area contributed by atoms with Crippen molar-refractivity contribution in [2.24, 2.45) is 0 Å². The van der Waals surface area contributed by atoms with Crippen molar-refractivity contribution in [2.45, 2.75) is 0 Å². The quantitative estimate of drug-likeness (QED) is 0.857. The van der Waals surface area contributed by atoms with E-state index in [0.717, 1.165) is 0 Å². The second-order valence-electron chi connectivity index (χ2n) is 4.18. The average Bonchev–Trinajstić information content (AvgIpc) is 2.55. The monoisotopic (exact) mass is 304 g/mol. The summed E-state index contributed by atoms with van der Waals surface area (Å²) < 4.78 is 15.1. The van der Waals surface area contributed by atoms with Crippen molar-refractivity contribution in [3.8, 4) is 17.5 Å². The van der Waals surface area contributed by atoms with E-state index in [-0.39, 0.29) is 17.5 Å². The minimum atomic E-state index is -0.403. The van der Waals surface area contributed by atoms with Crippen LogP contribution in [-0.4, -0.2) is 37.2 Å². The third-order valence-corrected chi connectivity index (χ3v) is 2.88. The summed E-state index contributed by atoms with van der Waals surface area (Å²) in [5.41, 5.74) is 6.36. The minimum Gasteiger partial charge on any atom is -0.497 e. The summed E-state index contributed by atoms with van der Waals surface area (Å²) >= 11 is 0. The summed E-state index contributed by atoms with van der Waals surface area (Å²) in [6.45, 7) is 0. The second kappa shape index (κ2) is 6.61. The molecule has 116 valence electrons. The molecule has 1 amide bonds. The highest BCUT2D eigenvalue weighted by molar-refractivity contribution is 6.07. The fourth-order valence-corrected chi connectivity index (χ4v) is 1.75. The van der Waals surface area contributed by atoms with Gasteiger partial charge in [0.1, 0.15) is 17.2 Å². The molecular formula is C14H16N4O4. The van der Waals surface area contributed by atoms with E-state index in [4.69, 9.17) is 19.9 Å². The molecule has 0 saturated heterocycles. The van der Waals surface area contributed by atoms with Gasteiger partial charge in [-0.2, -0.15) is 4.98 Å². The number of carbonyl (C=O) groups is 1. The summed E-state index contributed by atoms with van der Waals surface area (Å²) in [6.07, 6.45) is 1.37. The van der Waals surface area contributed by atoms with E-state index in [1.54, 1.807) is 18.2 Å². The van der Waals surface area contributed by atoms with Gasteiger partial charge < -0.3 is 25.3 Å². The normalized spacial score (nSPS) is 9.95.